The Morgan fingerprint density at radius 1 is 1.38 bits per heavy atom. The lowest BCUT2D eigenvalue weighted by Gasteiger charge is -2.10. The highest BCUT2D eigenvalue weighted by molar-refractivity contribution is 9.10. The second-order valence-electron chi connectivity index (χ2n) is 3.56. The first kappa shape index (κ1) is 11.8. The van der Waals surface area contributed by atoms with Crippen LogP contribution in [0.5, 0.6) is 0 Å². The number of rotatable bonds is 2. The van der Waals surface area contributed by atoms with Crippen LogP contribution in [0.25, 0.3) is 0 Å². The number of hydrogen-bond acceptors (Lipinski definition) is 2. The van der Waals surface area contributed by atoms with Gasteiger partial charge in [0.1, 0.15) is 11.9 Å². The van der Waals surface area contributed by atoms with Crippen LogP contribution in [0.1, 0.15) is 22.1 Å². The Bertz CT molecular complexity index is 509. The monoisotopic (exact) mass is 300 g/mol. The smallest absolute Gasteiger partial charge is 0.129 e. The zero-order valence-electron chi connectivity index (χ0n) is 8.58. The molecule has 0 fully saturated rings. The van der Waals surface area contributed by atoms with Crippen molar-refractivity contribution in [3.8, 4) is 0 Å². The number of halogens is 2. The Kier molecular flexibility index (Phi) is 3.42. The number of aliphatic hydroxyl groups excluding tert-OH is 1. The van der Waals surface area contributed by atoms with E-state index in [4.69, 9.17) is 0 Å². The number of hydrogen-bond donors (Lipinski definition) is 1. The summed E-state index contributed by atoms with van der Waals surface area (Å²) in [7, 11) is 0. The van der Waals surface area contributed by atoms with Crippen molar-refractivity contribution >= 4 is 27.3 Å². The van der Waals surface area contributed by atoms with Crippen molar-refractivity contribution in [1.29, 1.82) is 0 Å². The molecule has 1 heterocycles. The van der Waals surface area contributed by atoms with Crippen LogP contribution in [-0.4, -0.2) is 5.11 Å². The Morgan fingerprint density at radius 2 is 2.12 bits per heavy atom. The first-order chi connectivity index (χ1) is 7.58. The lowest BCUT2D eigenvalue weighted by molar-refractivity contribution is 0.215. The molecule has 4 heteroatoms. The van der Waals surface area contributed by atoms with Gasteiger partial charge in [-0.1, -0.05) is 15.9 Å². The van der Waals surface area contributed by atoms with E-state index in [0.717, 1.165) is 14.9 Å². The van der Waals surface area contributed by atoms with Gasteiger partial charge in [0, 0.05) is 14.9 Å². The van der Waals surface area contributed by atoms with Gasteiger partial charge in [-0.25, -0.2) is 4.39 Å². The van der Waals surface area contributed by atoms with Gasteiger partial charge in [0.05, 0.1) is 0 Å². The van der Waals surface area contributed by atoms with Gasteiger partial charge < -0.3 is 5.11 Å². The SMILES string of the molecule is Cc1cc(C(O)c2cc(Br)ccc2F)cs1. The normalized spacial score (nSPS) is 12.8. The van der Waals surface area contributed by atoms with Crippen molar-refractivity contribution in [2.45, 2.75) is 13.0 Å². The van der Waals surface area contributed by atoms with Crippen molar-refractivity contribution in [1.82, 2.24) is 0 Å². The number of aryl methyl sites for hydroxylation is 1. The molecule has 0 saturated heterocycles. The zero-order valence-corrected chi connectivity index (χ0v) is 11.0. The first-order valence-electron chi connectivity index (χ1n) is 4.76. The molecule has 0 saturated carbocycles. The topological polar surface area (TPSA) is 20.2 Å². The molecule has 0 aliphatic carbocycles. The third-order valence-corrected chi connectivity index (χ3v) is 3.69. The predicted octanol–water partition coefficient (Wildman–Crippen LogP) is 4.04. The second-order valence-corrected chi connectivity index (χ2v) is 5.59. The zero-order chi connectivity index (χ0) is 11.7. The van der Waals surface area contributed by atoms with E-state index in [2.05, 4.69) is 15.9 Å². The predicted molar refractivity (Wildman–Crippen MR) is 67.2 cm³/mol. The molecular weight excluding hydrogens is 291 g/mol. The van der Waals surface area contributed by atoms with E-state index in [-0.39, 0.29) is 5.82 Å². The molecule has 0 aliphatic heterocycles. The van der Waals surface area contributed by atoms with Crippen LogP contribution >= 0.6 is 27.3 Å². The molecule has 1 unspecified atom stereocenters. The Labute approximate surface area is 106 Å². The van der Waals surface area contributed by atoms with Crippen molar-refractivity contribution < 1.29 is 9.50 Å². The summed E-state index contributed by atoms with van der Waals surface area (Å²) in [6.07, 6.45) is -0.901. The Balaban J connectivity index is 2.40. The van der Waals surface area contributed by atoms with Gasteiger partial charge in [-0.3, -0.25) is 0 Å². The maximum atomic E-state index is 13.5. The van der Waals surface area contributed by atoms with Crippen LogP contribution in [0.3, 0.4) is 0 Å². The van der Waals surface area contributed by atoms with Gasteiger partial charge in [-0.2, -0.15) is 0 Å². The van der Waals surface area contributed by atoms with Crippen LogP contribution in [0.15, 0.2) is 34.1 Å². The fraction of sp³-hybridized carbons (Fsp3) is 0.167. The van der Waals surface area contributed by atoms with Crippen LogP contribution in [0.4, 0.5) is 4.39 Å². The molecule has 1 nitrogen and oxygen atoms in total. The Hall–Kier alpha value is -0.710. The summed E-state index contributed by atoms with van der Waals surface area (Å²) < 4.78 is 14.3. The van der Waals surface area contributed by atoms with Crippen molar-refractivity contribution in [2.24, 2.45) is 0 Å². The van der Waals surface area contributed by atoms with Crippen LogP contribution in [0, 0.1) is 12.7 Å². The third kappa shape index (κ3) is 2.34. The second kappa shape index (κ2) is 4.65. The van der Waals surface area contributed by atoms with Gasteiger partial charge >= 0.3 is 0 Å². The first-order valence-corrected chi connectivity index (χ1v) is 6.43. The molecule has 0 aliphatic rings. The molecule has 1 N–H and O–H groups in total. The van der Waals surface area contributed by atoms with Crippen molar-refractivity contribution in [3.05, 3.63) is 55.9 Å². The molecule has 1 atom stereocenters. The molecule has 0 spiro atoms. The molecule has 84 valence electrons. The summed E-state index contributed by atoms with van der Waals surface area (Å²) in [6.45, 7) is 1.96. The summed E-state index contributed by atoms with van der Waals surface area (Å²) in [6, 6.07) is 6.44. The number of thiophene rings is 1. The fourth-order valence-electron chi connectivity index (χ4n) is 1.51. The minimum atomic E-state index is -0.901. The molecule has 0 amide bonds. The van der Waals surface area contributed by atoms with Crippen LogP contribution < -0.4 is 0 Å². The molecule has 16 heavy (non-hydrogen) atoms. The van der Waals surface area contributed by atoms with E-state index in [9.17, 15) is 9.50 Å². The van der Waals surface area contributed by atoms with E-state index in [1.165, 1.54) is 6.07 Å². The molecule has 2 rings (SSSR count). The highest BCUT2D eigenvalue weighted by atomic mass is 79.9. The molecular formula is C12H10BrFOS. The summed E-state index contributed by atoms with van der Waals surface area (Å²) in [5.41, 5.74) is 1.03. The van der Waals surface area contributed by atoms with Gasteiger partial charge in [0.2, 0.25) is 0 Å². The summed E-state index contributed by atoms with van der Waals surface area (Å²) in [4.78, 5) is 1.10. The van der Waals surface area contributed by atoms with E-state index < -0.39 is 6.10 Å². The largest absolute Gasteiger partial charge is 0.384 e. The van der Waals surface area contributed by atoms with Gasteiger partial charge in [-0.05, 0) is 42.1 Å². The standard InChI is InChI=1S/C12H10BrFOS/c1-7-4-8(6-16-7)12(15)10-5-9(13)2-3-11(10)14/h2-6,12,15H,1H3. The average Bonchev–Trinajstić information content (AvgIpc) is 2.67. The minimum absolute atomic E-state index is 0.298. The van der Waals surface area contributed by atoms with E-state index in [0.29, 0.717) is 5.56 Å². The van der Waals surface area contributed by atoms with Crippen molar-refractivity contribution in [3.63, 3.8) is 0 Å². The number of benzene rings is 1. The van der Waals surface area contributed by atoms with Crippen molar-refractivity contribution in [2.75, 3.05) is 0 Å². The lowest BCUT2D eigenvalue weighted by atomic mass is 10.0. The highest BCUT2D eigenvalue weighted by Gasteiger charge is 2.16. The van der Waals surface area contributed by atoms with Gasteiger partial charge in [0.25, 0.3) is 0 Å². The minimum Gasteiger partial charge on any atom is -0.384 e. The van der Waals surface area contributed by atoms with E-state index in [1.807, 2.05) is 18.4 Å². The molecule has 1 aromatic carbocycles. The number of aliphatic hydroxyl groups is 1. The maximum Gasteiger partial charge on any atom is 0.129 e. The molecule has 0 bridgehead atoms. The van der Waals surface area contributed by atoms with E-state index >= 15 is 0 Å². The Morgan fingerprint density at radius 3 is 2.75 bits per heavy atom. The molecule has 0 radical (unpaired) electrons. The summed E-state index contributed by atoms with van der Waals surface area (Å²) in [5.74, 6) is -0.389. The fourth-order valence-corrected chi connectivity index (χ4v) is 2.61. The average molecular weight is 301 g/mol. The summed E-state index contributed by atoms with van der Waals surface area (Å²) >= 11 is 4.81. The molecule has 1 aromatic heterocycles. The summed E-state index contributed by atoms with van der Waals surface area (Å²) in [5, 5.41) is 11.9. The van der Waals surface area contributed by atoms with Gasteiger partial charge in [0.15, 0.2) is 0 Å². The lowest BCUT2D eigenvalue weighted by Crippen LogP contribution is -2.01. The quantitative estimate of drug-likeness (QED) is 0.887. The highest BCUT2D eigenvalue weighted by Crippen LogP contribution is 2.29. The van der Waals surface area contributed by atoms with Crippen LogP contribution in [0.2, 0.25) is 0 Å². The van der Waals surface area contributed by atoms with Crippen LogP contribution in [-0.2, 0) is 0 Å². The maximum absolute atomic E-state index is 13.5. The van der Waals surface area contributed by atoms with E-state index in [1.54, 1.807) is 23.5 Å². The third-order valence-electron chi connectivity index (χ3n) is 2.32. The van der Waals surface area contributed by atoms with Gasteiger partial charge in [-0.15, -0.1) is 11.3 Å². The molecule has 2 aromatic rings.